The first-order valence-corrected chi connectivity index (χ1v) is 6.91. The molecule has 0 bridgehead atoms. The number of methoxy groups -OCH3 is 1. The van der Waals surface area contributed by atoms with Crippen LogP contribution in [0, 0.1) is 0 Å². The van der Waals surface area contributed by atoms with Crippen LogP contribution in [0.2, 0.25) is 0 Å². The molecule has 2 rings (SSSR count). The van der Waals surface area contributed by atoms with Gasteiger partial charge >= 0.3 is 0 Å². The first-order valence-electron chi connectivity index (χ1n) is 6.14. The summed E-state index contributed by atoms with van der Waals surface area (Å²) in [5.74, 6) is 1.12. The molecule has 3 N–H and O–H groups in total. The van der Waals surface area contributed by atoms with E-state index in [2.05, 4.69) is 14.6 Å². The van der Waals surface area contributed by atoms with Crippen LogP contribution in [0.5, 0.6) is 5.75 Å². The molecule has 1 fully saturated rings. The summed E-state index contributed by atoms with van der Waals surface area (Å²) in [5.41, 5.74) is 5.69. The summed E-state index contributed by atoms with van der Waals surface area (Å²) in [7, 11) is 1.61. The number of morpholine rings is 1. The minimum absolute atomic E-state index is 0.457. The molecule has 0 aromatic carbocycles. The second-order valence-electron chi connectivity index (χ2n) is 4.16. The molecule has 7 heteroatoms. The van der Waals surface area contributed by atoms with Gasteiger partial charge in [-0.05, 0) is 24.5 Å². The van der Waals surface area contributed by atoms with Gasteiger partial charge in [-0.25, -0.2) is 0 Å². The van der Waals surface area contributed by atoms with Crippen LogP contribution in [0.4, 0.5) is 10.8 Å². The second kappa shape index (κ2) is 6.77. The summed E-state index contributed by atoms with van der Waals surface area (Å²) in [6.45, 7) is 5.77. The van der Waals surface area contributed by atoms with Crippen molar-refractivity contribution in [1.29, 1.82) is 0 Å². The molecule has 1 aliphatic rings. The SMILES string of the molecule is COc1c(N)nsc1NCCCN1CCOCC1. The van der Waals surface area contributed by atoms with Crippen LogP contribution in [-0.4, -0.2) is 55.8 Å². The summed E-state index contributed by atoms with van der Waals surface area (Å²) < 4.78 is 14.6. The van der Waals surface area contributed by atoms with Crippen molar-refractivity contribution in [2.24, 2.45) is 0 Å². The van der Waals surface area contributed by atoms with Gasteiger partial charge < -0.3 is 20.5 Å². The van der Waals surface area contributed by atoms with E-state index in [0.717, 1.165) is 50.8 Å². The molecule has 18 heavy (non-hydrogen) atoms. The summed E-state index contributed by atoms with van der Waals surface area (Å²) >= 11 is 1.34. The number of hydrogen-bond donors (Lipinski definition) is 2. The third-order valence-electron chi connectivity index (χ3n) is 2.92. The smallest absolute Gasteiger partial charge is 0.197 e. The van der Waals surface area contributed by atoms with Gasteiger partial charge in [0.25, 0.3) is 0 Å². The van der Waals surface area contributed by atoms with Gasteiger partial charge in [-0.3, -0.25) is 4.90 Å². The highest BCUT2D eigenvalue weighted by molar-refractivity contribution is 7.11. The van der Waals surface area contributed by atoms with Crippen molar-refractivity contribution < 1.29 is 9.47 Å². The number of nitrogens with zero attached hydrogens (tertiary/aromatic N) is 2. The predicted octanol–water partition coefficient (Wildman–Crippen LogP) is 0.868. The predicted molar refractivity (Wildman–Crippen MR) is 73.4 cm³/mol. The minimum atomic E-state index is 0.457. The van der Waals surface area contributed by atoms with Crippen LogP contribution in [0.3, 0.4) is 0 Å². The van der Waals surface area contributed by atoms with Crippen LogP contribution in [0.25, 0.3) is 0 Å². The Balaban J connectivity index is 1.68. The van der Waals surface area contributed by atoms with E-state index in [4.69, 9.17) is 15.2 Å². The molecule has 0 spiro atoms. The summed E-state index contributed by atoms with van der Waals surface area (Å²) in [6, 6.07) is 0. The van der Waals surface area contributed by atoms with E-state index in [-0.39, 0.29) is 0 Å². The highest BCUT2D eigenvalue weighted by Gasteiger charge is 2.12. The van der Waals surface area contributed by atoms with Gasteiger partial charge in [0.1, 0.15) is 0 Å². The fourth-order valence-corrected chi connectivity index (χ4v) is 2.64. The lowest BCUT2D eigenvalue weighted by atomic mass is 10.3. The van der Waals surface area contributed by atoms with Crippen molar-refractivity contribution in [2.45, 2.75) is 6.42 Å². The van der Waals surface area contributed by atoms with Crippen molar-refractivity contribution in [3.63, 3.8) is 0 Å². The van der Waals surface area contributed by atoms with E-state index in [1.165, 1.54) is 11.5 Å². The monoisotopic (exact) mass is 272 g/mol. The number of nitrogen functional groups attached to an aromatic ring is 1. The Morgan fingerprint density at radius 2 is 2.28 bits per heavy atom. The van der Waals surface area contributed by atoms with Crippen molar-refractivity contribution in [3.8, 4) is 5.75 Å². The van der Waals surface area contributed by atoms with Crippen LogP contribution in [0.1, 0.15) is 6.42 Å². The molecule has 0 saturated carbocycles. The zero-order valence-corrected chi connectivity index (χ0v) is 11.5. The maximum atomic E-state index is 5.69. The lowest BCUT2D eigenvalue weighted by Gasteiger charge is -2.26. The summed E-state index contributed by atoms with van der Waals surface area (Å²) in [6.07, 6.45) is 1.08. The number of hydrogen-bond acceptors (Lipinski definition) is 7. The number of anilines is 2. The quantitative estimate of drug-likeness (QED) is 0.749. The molecule has 2 heterocycles. The highest BCUT2D eigenvalue weighted by atomic mass is 32.1. The molecule has 1 aliphatic heterocycles. The number of rotatable bonds is 6. The molecule has 0 radical (unpaired) electrons. The maximum Gasteiger partial charge on any atom is 0.197 e. The van der Waals surface area contributed by atoms with Crippen LogP contribution in [0.15, 0.2) is 0 Å². The van der Waals surface area contributed by atoms with E-state index in [1.54, 1.807) is 7.11 Å². The lowest BCUT2D eigenvalue weighted by molar-refractivity contribution is 0.0378. The molecule has 0 amide bonds. The van der Waals surface area contributed by atoms with Gasteiger partial charge in [-0.2, -0.15) is 4.37 Å². The third-order valence-corrected chi connectivity index (χ3v) is 3.72. The molecule has 0 atom stereocenters. The van der Waals surface area contributed by atoms with Gasteiger partial charge in [-0.15, -0.1) is 0 Å². The molecule has 1 saturated heterocycles. The van der Waals surface area contributed by atoms with Crippen LogP contribution in [-0.2, 0) is 4.74 Å². The normalized spacial score (nSPS) is 16.7. The van der Waals surface area contributed by atoms with E-state index < -0.39 is 0 Å². The summed E-state index contributed by atoms with van der Waals surface area (Å²) in [4.78, 5) is 2.42. The lowest BCUT2D eigenvalue weighted by Crippen LogP contribution is -2.37. The minimum Gasteiger partial charge on any atom is -0.490 e. The number of nitrogens with one attached hydrogen (secondary N) is 1. The molecule has 1 aromatic rings. The first-order chi connectivity index (χ1) is 8.81. The molecule has 1 aromatic heterocycles. The van der Waals surface area contributed by atoms with Gasteiger partial charge in [0.15, 0.2) is 16.6 Å². The summed E-state index contributed by atoms with van der Waals surface area (Å²) in [5, 5.41) is 4.23. The number of nitrogens with two attached hydrogens (primary N) is 1. The van der Waals surface area contributed by atoms with Gasteiger partial charge in [-0.1, -0.05) is 0 Å². The van der Waals surface area contributed by atoms with E-state index in [9.17, 15) is 0 Å². The van der Waals surface area contributed by atoms with Gasteiger partial charge in [0.2, 0.25) is 0 Å². The number of aromatic nitrogens is 1. The standard InChI is InChI=1S/C11H20N4O2S/c1-16-9-10(12)14-18-11(9)13-3-2-4-15-5-7-17-8-6-15/h13H,2-8H2,1H3,(H2,12,14). The molecular weight excluding hydrogens is 252 g/mol. The highest BCUT2D eigenvalue weighted by Crippen LogP contribution is 2.34. The van der Waals surface area contributed by atoms with Crippen molar-refractivity contribution >= 4 is 22.4 Å². The zero-order valence-electron chi connectivity index (χ0n) is 10.6. The Labute approximate surface area is 111 Å². The Kier molecular flexibility index (Phi) is 5.03. The average molecular weight is 272 g/mol. The fraction of sp³-hybridized carbons (Fsp3) is 0.727. The van der Waals surface area contributed by atoms with Crippen molar-refractivity contribution in [2.75, 3.05) is 57.6 Å². The van der Waals surface area contributed by atoms with Gasteiger partial charge in [0, 0.05) is 19.6 Å². The Morgan fingerprint density at radius 3 is 3.00 bits per heavy atom. The first kappa shape index (κ1) is 13.4. The average Bonchev–Trinajstić information content (AvgIpc) is 2.76. The Bertz CT molecular complexity index is 366. The largest absolute Gasteiger partial charge is 0.490 e. The molecule has 0 aliphatic carbocycles. The van der Waals surface area contributed by atoms with Crippen molar-refractivity contribution in [1.82, 2.24) is 9.27 Å². The van der Waals surface area contributed by atoms with Crippen LogP contribution < -0.4 is 15.8 Å². The van der Waals surface area contributed by atoms with E-state index in [0.29, 0.717) is 11.6 Å². The maximum absolute atomic E-state index is 5.69. The van der Waals surface area contributed by atoms with Crippen molar-refractivity contribution in [3.05, 3.63) is 0 Å². The fourth-order valence-electron chi connectivity index (χ4n) is 1.93. The molecule has 6 nitrogen and oxygen atoms in total. The van der Waals surface area contributed by atoms with E-state index in [1.807, 2.05) is 0 Å². The zero-order chi connectivity index (χ0) is 12.8. The van der Waals surface area contributed by atoms with Crippen LogP contribution >= 0.6 is 11.5 Å². The Hall–Kier alpha value is -1.05. The van der Waals surface area contributed by atoms with Gasteiger partial charge in [0.05, 0.1) is 20.3 Å². The topological polar surface area (TPSA) is 72.6 Å². The molecular formula is C11H20N4O2S. The van der Waals surface area contributed by atoms with E-state index >= 15 is 0 Å². The molecule has 0 unspecified atom stereocenters. The second-order valence-corrected chi connectivity index (χ2v) is 4.94. The number of ether oxygens (including phenoxy) is 2. The third kappa shape index (κ3) is 3.47. The molecule has 102 valence electrons. The Morgan fingerprint density at radius 1 is 1.50 bits per heavy atom.